The number of nitrogens with zero attached hydrogens (tertiary/aromatic N) is 1. The molecule has 0 aliphatic carbocycles. The fraction of sp³-hybridized carbons (Fsp3) is 0.923. The highest BCUT2D eigenvalue weighted by molar-refractivity contribution is 5.74. The minimum Gasteiger partial charge on any atom is -0.336 e. The van der Waals surface area contributed by atoms with Gasteiger partial charge in [-0.1, -0.05) is 26.2 Å². The maximum absolute atomic E-state index is 11.9. The van der Waals surface area contributed by atoms with E-state index in [1.54, 1.807) is 0 Å². The lowest BCUT2D eigenvalue weighted by Gasteiger charge is -2.28. The summed E-state index contributed by atoms with van der Waals surface area (Å²) in [4.78, 5) is 13.8. The number of nitrogens with one attached hydrogen (secondary N) is 1. The highest BCUT2D eigenvalue weighted by atomic mass is 16.2. The van der Waals surface area contributed by atoms with Crippen molar-refractivity contribution in [3.63, 3.8) is 0 Å². The SMILES string of the molecule is CCCCCC(C)NC(=O)N1CCCCC1. The molecule has 1 N–H and O–H groups in total. The zero-order valence-electron chi connectivity index (χ0n) is 10.8. The molecule has 94 valence electrons. The molecule has 1 fully saturated rings. The molecule has 1 saturated heterocycles. The van der Waals surface area contributed by atoms with E-state index in [9.17, 15) is 4.79 Å². The Morgan fingerprint density at radius 1 is 1.25 bits per heavy atom. The van der Waals surface area contributed by atoms with Crippen molar-refractivity contribution in [2.24, 2.45) is 0 Å². The first-order valence-corrected chi connectivity index (χ1v) is 6.79. The van der Waals surface area contributed by atoms with Gasteiger partial charge >= 0.3 is 6.03 Å². The molecule has 3 heteroatoms. The summed E-state index contributed by atoms with van der Waals surface area (Å²) in [6, 6.07) is 0.463. The zero-order chi connectivity index (χ0) is 11.8. The maximum atomic E-state index is 11.9. The van der Waals surface area contributed by atoms with Crippen LogP contribution in [0.1, 0.15) is 58.8 Å². The van der Waals surface area contributed by atoms with E-state index in [2.05, 4.69) is 19.2 Å². The van der Waals surface area contributed by atoms with E-state index in [0.29, 0.717) is 6.04 Å². The molecule has 0 aromatic carbocycles. The van der Waals surface area contributed by atoms with Gasteiger partial charge in [-0.25, -0.2) is 4.79 Å². The van der Waals surface area contributed by atoms with Gasteiger partial charge in [-0.3, -0.25) is 0 Å². The second-order valence-electron chi connectivity index (χ2n) is 4.89. The summed E-state index contributed by atoms with van der Waals surface area (Å²) in [6.07, 6.45) is 8.44. The first-order chi connectivity index (χ1) is 7.74. The van der Waals surface area contributed by atoms with Gasteiger partial charge in [-0.05, 0) is 32.6 Å². The summed E-state index contributed by atoms with van der Waals surface area (Å²) >= 11 is 0. The molecule has 0 saturated carbocycles. The van der Waals surface area contributed by atoms with E-state index in [4.69, 9.17) is 0 Å². The van der Waals surface area contributed by atoms with Gasteiger partial charge in [0, 0.05) is 19.1 Å². The standard InChI is InChI=1S/C13H26N2O/c1-3-4-6-9-12(2)14-13(16)15-10-7-5-8-11-15/h12H,3-11H2,1-2H3,(H,14,16). The summed E-state index contributed by atoms with van der Waals surface area (Å²) in [5.41, 5.74) is 0. The van der Waals surface area contributed by atoms with Crippen molar-refractivity contribution in [1.29, 1.82) is 0 Å². The molecule has 1 rings (SSSR count). The third-order valence-electron chi connectivity index (χ3n) is 3.25. The Morgan fingerprint density at radius 2 is 1.94 bits per heavy atom. The number of amides is 2. The van der Waals surface area contributed by atoms with Gasteiger partial charge in [0.2, 0.25) is 0 Å². The molecular formula is C13H26N2O. The van der Waals surface area contributed by atoms with Crippen LogP contribution < -0.4 is 5.32 Å². The minimum absolute atomic E-state index is 0.142. The first-order valence-electron chi connectivity index (χ1n) is 6.79. The van der Waals surface area contributed by atoms with Gasteiger partial charge in [0.25, 0.3) is 0 Å². The normalized spacial score (nSPS) is 18.2. The van der Waals surface area contributed by atoms with Crippen molar-refractivity contribution in [3.8, 4) is 0 Å². The lowest BCUT2D eigenvalue weighted by Crippen LogP contribution is -2.45. The molecule has 0 aromatic heterocycles. The quantitative estimate of drug-likeness (QED) is 0.718. The number of hydrogen-bond acceptors (Lipinski definition) is 1. The number of unbranched alkanes of at least 4 members (excludes halogenated alkanes) is 2. The van der Waals surface area contributed by atoms with E-state index >= 15 is 0 Å². The fourth-order valence-corrected chi connectivity index (χ4v) is 2.17. The average Bonchev–Trinajstić information content (AvgIpc) is 2.30. The van der Waals surface area contributed by atoms with Gasteiger partial charge in [0.1, 0.15) is 0 Å². The van der Waals surface area contributed by atoms with E-state index in [1.807, 2.05) is 4.90 Å². The van der Waals surface area contributed by atoms with Crippen LogP contribution in [0.3, 0.4) is 0 Å². The Balaban J connectivity index is 2.16. The van der Waals surface area contributed by atoms with Gasteiger partial charge in [-0.15, -0.1) is 0 Å². The summed E-state index contributed by atoms with van der Waals surface area (Å²) in [5.74, 6) is 0. The third kappa shape index (κ3) is 4.86. The molecule has 3 nitrogen and oxygen atoms in total. The number of carbonyl (C=O) groups is 1. The largest absolute Gasteiger partial charge is 0.336 e. The van der Waals surface area contributed by atoms with Crippen molar-refractivity contribution in [3.05, 3.63) is 0 Å². The molecule has 2 amide bonds. The molecule has 0 radical (unpaired) electrons. The van der Waals surface area contributed by atoms with Gasteiger partial charge in [0.15, 0.2) is 0 Å². The summed E-state index contributed by atoms with van der Waals surface area (Å²) in [6.45, 7) is 6.19. The third-order valence-corrected chi connectivity index (χ3v) is 3.25. The molecule has 16 heavy (non-hydrogen) atoms. The number of urea groups is 1. The van der Waals surface area contributed by atoms with Crippen molar-refractivity contribution in [1.82, 2.24) is 10.2 Å². The number of carbonyl (C=O) groups excluding carboxylic acids is 1. The monoisotopic (exact) mass is 226 g/mol. The lowest BCUT2D eigenvalue weighted by molar-refractivity contribution is 0.182. The lowest BCUT2D eigenvalue weighted by atomic mass is 10.1. The molecule has 1 heterocycles. The van der Waals surface area contributed by atoms with Crippen LogP contribution >= 0.6 is 0 Å². The number of rotatable bonds is 5. The van der Waals surface area contributed by atoms with Crippen LogP contribution in [-0.2, 0) is 0 Å². The predicted octanol–water partition coefficient (Wildman–Crippen LogP) is 3.15. The molecule has 1 aliphatic heterocycles. The van der Waals surface area contributed by atoms with Crippen LogP contribution in [0.4, 0.5) is 4.79 Å². The molecule has 1 aliphatic rings. The van der Waals surface area contributed by atoms with Gasteiger partial charge in [0.05, 0.1) is 0 Å². The van der Waals surface area contributed by atoms with Gasteiger partial charge < -0.3 is 10.2 Å². The second kappa shape index (κ2) is 7.53. The summed E-state index contributed by atoms with van der Waals surface area (Å²) < 4.78 is 0. The molecular weight excluding hydrogens is 200 g/mol. The van der Waals surface area contributed by atoms with Gasteiger partial charge in [-0.2, -0.15) is 0 Å². The topological polar surface area (TPSA) is 32.3 Å². The predicted molar refractivity (Wildman–Crippen MR) is 67.6 cm³/mol. The molecule has 0 spiro atoms. The fourth-order valence-electron chi connectivity index (χ4n) is 2.17. The van der Waals surface area contributed by atoms with Crippen LogP contribution in [0.5, 0.6) is 0 Å². The molecule has 0 aromatic rings. The van der Waals surface area contributed by atoms with Crippen molar-refractivity contribution in [2.75, 3.05) is 13.1 Å². The zero-order valence-corrected chi connectivity index (χ0v) is 10.8. The van der Waals surface area contributed by atoms with E-state index < -0.39 is 0 Å². The number of piperidine rings is 1. The maximum Gasteiger partial charge on any atom is 0.317 e. The van der Waals surface area contributed by atoms with Crippen LogP contribution in [0.2, 0.25) is 0 Å². The molecule has 1 unspecified atom stereocenters. The minimum atomic E-state index is 0.142. The Hall–Kier alpha value is -0.730. The van der Waals surface area contributed by atoms with Crippen molar-refractivity contribution >= 4 is 6.03 Å². The van der Waals surface area contributed by atoms with Crippen molar-refractivity contribution in [2.45, 2.75) is 64.8 Å². The van der Waals surface area contributed by atoms with Crippen LogP contribution in [0.15, 0.2) is 0 Å². The second-order valence-corrected chi connectivity index (χ2v) is 4.89. The van der Waals surface area contributed by atoms with Crippen molar-refractivity contribution < 1.29 is 4.79 Å². The summed E-state index contributed by atoms with van der Waals surface area (Å²) in [7, 11) is 0. The van der Waals surface area contributed by atoms with E-state index in [-0.39, 0.29) is 6.03 Å². The Labute approximate surface area is 99.6 Å². The van der Waals surface area contributed by atoms with Crippen LogP contribution in [0.25, 0.3) is 0 Å². The number of hydrogen-bond donors (Lipinski definition) is 1. The first kappa shape index (κ1) is 13.3. The summed E-state index contributed by atoms with van der Waals surface area (Å²) in [5, 5.41) is 3.10. The highest BCUT2D eigenvalue weighted by Gasteiger charge is 2.17. The van der Waals surface area contributed by atoms with Crippen LogP contribution in [0, 0.1) is 0 Å². The average molecular weight is 226 g/mol. The van der Waals surface area contributed by atoms with Crippen LogP contribution in [-0.4, -0.2) is 30.1 Å². The Morgan fingerprint density at radius 3 is 2.56 bits per heavy atom. The highest BCUT2D eigenvalue weighted by Crippen LogP contribution is 2.09. The number of likely N-dealkylation sites (tertiary alicyclic amines) is 1. The molecule has 1 atom stereocenters. The van der Waals surface area contributed by atoms with E-state index in [1.165, 1.54) is 25.7 Å². The smallest absolute Gasteiger partial charge is 0.317 e. The van der Waals surface area contributed by atoms with E-state index in [0.717, 1.165) is 32.4 Å². The molecule has 0 bridgehead atoms. The Kier molecular flexibility index (Phi) is 6.27. The Bertz CT molecular complexity index is 200.